The highest BCUT2D eigenvalue weighted by Gasteiger charge is 2.29. The molecule has 4 unspecified atom stereocenters. The third-order valence-electron chi connectivity index (χ3n) is 5.68. The number of fused-ring (bicyclic) bond motifs is 1. The van der Waals surface area contributed by atoms with E-state index >= 15 is 0 Å². The summed E-state index contributed by atoms with van der Waals surface area (Å²) in [5.74, 6) is 2.16. The first-order valence-electron chi connectivity index (χ1n) is 9.70. The summed E-state index contributed by atoms with van der Waals surface area (Å²) >= 11 is 0. The number of likely N-dealkylation sites (tertiary alicyclic amines) is 1. The van der Waals surface area contributed by atoms with Crippen molar-refractivity contribution in [1.29, 1.82) is 0 Å². The second-order valence-electron chi connectivity index (χ2n) is 7.95. The highest BCUT2D eigenvalue weighted by molar-refractivity contribution is 5.53. The Labute approximate surface area is 148 Å². The van der Waals surface area contributed by atoms with Crippen LogP contribution >= 0.6 is 0 Å². The standard InChI is InChI=1S/C10H17NO2.C10H19N/c1-8(4-5-12)11-6-9(2)13-10(3)7-11;1-11-7-6-9-4-2-3-5-10(9)8-11/h5,9-10H,1,4,6-7H2,2-3H3;9-10H,2-8H2,1H3. The third-order valence-corrected chi connectivity index (χ3v) is 5.68. The van der Waals surface area contributed by atoms with Crippen molar-refractivity contribution in [1.82, 2.24) is 9.80 Å². The van der Waals surface area contributed by atoms with Crippen LogP contribution in [-0.2, 0) is 9.53 Å². The van der Waals surface area contributed by atoms with Crippen LogP contribution in [0.2, 0.25) is 0 Å². The summed E-state index contributed by atoms with van der Waals surface area (Å²) < 4.78 is 5.57. The minimum absolute atomic E-state index is 0.229. The van der Waals surface area contributed by atoms with Gasteiger partial charge in [-0.15, -0.1) is 0 Å². The van der Waals surface area contributed by atoms with Crippen LogP contribution in [0.25, 0.3) is 0 Å². The Bertz CT molecular complexity index is 402. The highest BCUT2D eigenvalue weighted by atomic mass is 16.5. The summed E-state index contributed by atoms with van der Waals surface area (Å²) in [5, 5.41) is 0. The molecule has 0 bridgehead atoms. The maximum Gasteiger partial charge on any atom is 0.125 e. The first kappa shape index (κ1) is 19.5. The lowest BCUT2D eigenvalue weighted by molar-refractivity contribution is -0.108. The lowest BCUT2D eigenvalue weighted by atomic mass is 9.75. The molecule has 0 N–H and O–H groups in total. The zero-order valence-electron chi connectivity index (χ0n) is 15.9. The molecule has 3 aliphatic rings. The van der Waals surface area contributed by atoms with E-state index in [9.17, 15) is 4.79 Å². The molecule has 3 rings (SSSR count). The van der Waals surface area contributed by atoms with Crippen LogP contribution < -0.4 is 0 Å². The van der Waals surface area contributed by atoms with Crippen molar-refractivity contribution in [3.63, 3.8) is 0 Å². The predicted molar refractivity (Wildman–Crippen MR) is 99.0 cm³/mol. The molecule has 0 aromatic carbocycles. The Morgan fingerprint density at radius 3 is 2.33 bits per heavy atom. The monoisotopic (exact) mass is 336 g/mol. The van der Waals surface area contributed by atoms with E-state index in [0.717, 1.165) is 36.9 Å². The summed E-state index contributed by atoms with van der Waals surface area (Å²) in [6.45, 7) is 12.4. The van der Waals surface area contributed by atoms with Gasteiger partial charge in [0.2, 0.25) is 0 Å². The van der Waals surface area contributed by atoms with Crippen LogP contribution in [0.4, 0.5) is 0 Å². The van der Waals surface area contributed by atoms with Crippen LogP contribution in [0, 0.1) is 11.8 Å². The molecular weight excluding hydrogens is 300 g/mol. The molecule has 0 radical (unpaired) electrons. The Morgan fingerprint density at radius 1 is 1.08 bits per heavy atom. The van der Waals surface area contributed by atoms with Gasteiger partial charge in [0.05, 0.1) is 12.2 Å². The molecule has 138 valence electrons. The van der Waals surface area contributed by atoms with Gasteiger partial charge in [0.25, 0.3) is 0 Å². The smallest absolute Gasteiger partial charge is 0.125 e. The Morgan fingerprint density at radius 2 is 1.71 bits per heavy atom. The molecule has 4 heteroatoms. The quantitative estimate of drug-likeness (QED) is 0.740. The molecule has 2 saturated heterocycles. The van der Waals surface area contributed by atoms with Crippen LogP contribution in [0.1, 0.15) is 52.4 Å². The predicted octanol–water partition coefficient (Wildman–Crippen LogP) is 3.33. The maximum atomic E-state index is 10.3. The van der Waals surface area contributed by atoms with Gasteiger partial charge in [-0.1, -0.05) is 25.8 Å². The molecule has 0 spiro atoms. The number of morpholine rings is 1. The summed E-state index contributed by atoms with van der Waals surface area (Å²) in [7, 11) is 2.27. The number of carbonyl (C=O) groups is 1. The second kappa shape index (κ2) is 9.57. The average Bonchev–Trinajstić information content (AvgIpc) is 2.54. The van der Waals surface area contributed by atoms with Gasteiger partial charge in [-0.3, -0.25) is 0 Å². The van der Waals surface area contributed by atoms with Gasteiger partial charge in [0.1, 0.15) is 6.29 Å². The first-order chi connectivity index (χ1) is 11.5. The molecule has 3 fully saturated rings. The van der Waals surface area contributed by atoms with E-state index in [1.807, 2.05) is 13.8 Å². The molecule has 2 aliphatic heterocycles. The zero-order chi connectivity index (χ0) is 17.5. The average molecular weight is 337 g/mol. The molecule has 1 saturated carbocycles. The number of piperidine rings is 1. The molecule has 0 aromatic heterocycles. The van der Waals surface area contributed by atoms with Crippen LogP contribution in [0.3, 0.4) is 0 Å². The molecule has 4 atom stereocenters. The fourth-order valence-corrected chi connectivity index (χ4v) is 4.44. The van der Waals surface area contributed by atoms with Crippen LogP contribution in [-0.4, -0.2) is 61.5 Å². The number of hydrogen-bond acceptors (Lipinski definition) is 4. The van der Waals surface area contributed by atoms with Crippen LogP contribution in [0.15, 0.2) is 12.3 Å². The van der Waals surface area contributed by atoms with Crippen LogP contribution in [0.5, 0.6) is 0 Å². The summed E-state index contributed by atoms with van der Waals surface area (Å²) in [5.41, 5.74) is 0.900. The Balaban J connectivity index is 0.000000175. The van der Waals surface area contributed by atoms with E-state index in [4.69, 9.17) is 4.74 Å². The maximum absolute atomic E-state index is 10.3. The fraction of sp³-hybridized carbons (Fsp3) is 0.850. The largest absolute Gasteiger partial charge is 0.372 e. The lowest BCUT2D eigenvalue weighted by Crippen LogP contribution is -2.44. The van der Waals surface area contributed by atoms with E-state index in [-0.39, 0.29) is 12.2 Å². The third kappa shape index (κ3) is 5.89. The number of aldehydes is 1. The minimum atomic E-state index is 0.229. The highest BCUT2D eigenvalue weighted by Crippen LogP contribution is 2.35. The molecular formula is C20H36N2O2. The van der Waals surface area contributed by atoms with E-state index < -0.39 is 0 Å². The van der Waals surface area contributed by atoms with Gasteiger partial charge in [-0.25, -0.2) is 0 Å². The van der Waals surface area contributed by atoms with Crippen molar-refractivity contribution in [2.75, 3.05) is 33.2 Å². The SMILES string of the molecule is C=C(CC=O)N1CC(C)OC(C)C1.CN1CCC2CCCCC2C1. The van der Waals surface area contributed by atoms with Crippen molar-refractivity contribution in [2.45, 2.75) is 64.6 Å². The Kier molecular flexibility index (Phi) is 7.76. The van der Waals surface area contributed by atoms with Gasteiger partial charge in [-0.05, 0) is 52.1 Å². The summed E-state index contributed by atoms with van der Waals surface area (Å²) in [6, 6.07) is 0. The lowest BCUT2D eigenvalue weighted by Gasteiger charge is -2.39. The van der Waals surface area contributed by atoms with Crippen molar-refractivity contribution in [3.05, 3.63) is 12.3 Å². The number of hydrogen-bond donors (Lipinski definition) is 0. The van der Waals surface area contributed by atoms with Gasteiger partial charge in [0.15, 0.2) is 0 Å². The summed E-state index contributed by atoms with van der Waals surface area (Å²) in [6.07, 6.45) is 9.29. The van der Waals surface area contributed by atoms with Crippen molar-refractivity contribution in [3.8, 4) is 0 Å². The number of allylic oxidation sites excluding steroid dienone is 1. The van der Waals surface area contributed by atoms with Crippen molar-refractivity contribution in [2.24, 2.45) is 11.8 Å². The normalized spacial score (nSPS) is 33.9. The number of ether oxygens (including phenoxy) is 1. The fourth-order valence-electron chi connectivity index (χ4n) is 4.44. The van der Waals surface area contributed by atoms with Crippen molar-refractivity contribution >= 4 is 6.29 Å². The van der Waals surface area contributed by atoms with E-state index in [2.05, 4.69) is 23.4 Å². The molecule has 24 heavy (non-hydrogen) atoms. The molecule has 2 heterocycles. The summed E-state index contributed by atoms with van der Waals surface area (Å²) in [4.78, 5) is 14.9. The van der Waals surface area contributed by atoms with Crippen molar-refractivity contribution < 1.29 is 9.53 Å². The Hall–Kier alpha value is -0.870. The topological polar surface area (TPSA) is 32.8 Å². The van der Waals surface area contributed by atoms with Gasteiger partial charge in [-0.2, -0.15) is 0 Å². The number of carbonyl (C=O) groups excluding carboxylic acids is 1. The van der Waals surface area contributed by atoms with Gasteiger partial charge < -0.3 is 19.3 Å². The number of rotatable bonds is 3. The van der Waals surface area contributed by atoms with E-state index in [1.165, 1.54) is 45.2 Å². The van der Waals surface area contributed by atoms with Gasteiger partial charge in [0, 0.05) is 31.8 Å². The zero-order valence-corrected chi connectivity index (χ0v) is 15.9. The first-order valence-corrected chi connectivity index (χ1v) is 9.70. The second-order valence-corrected chi connectivity index (χ2v) is 7.95. The van der Waals surface area contributed by atoms with E-state index in [1.54, 1.807) is 0 Å². The number of nitrogens with zero attached hydrogens (tertiary/aromatic N) is 2. The van der Waals surface area contributed by atoms with Gasteiger partial charge >= 0.3 is 0 Å². The molecule has 4 nitrogen and oxygen atoms in total. The molecule has 0 amide bonds. The van der Waals surface area contributed by atoms with E-state index in [0.29, 0.717) is 6.42 Å². The minimum Gasteiger partial charge on any atom is -0.372 e. The molecule has 1 aliphatic carbocycles. The molecule has 0 aromatic rings.